The van der Waals surface area contributed by atoms with E-state index in [4.69, 9.17) is 0 Å². The first-order chi connectivity index (χ1) is 10.0. The Kier molecular flexibility index (Phi) is 5.92. The lowest BCUT2D eigenvalue weighted by Gasteiger charge is -2.13. The maximum atomic E-state index is 12.6. The average molecular weight is 344 g/mol. The fraction of sp³-hybridized carbons (Fsp3) is 0.308. The number of benzene rings is 1. The van der Waals surface area contributed by atoms with Crippen LogP contribution in [0.3, 0.4) is 0 Å². The molecule has 2 nitrogen and oxygen atoms in total. The highest BCUT2D eigenvalue weighted by molar-refractivity contribution is 8.00. The lowest BCUT2D eigenvalue weighted by Crippen LogP contribution is -2.11. The second kappa shape index (κ2) is 7.08. The van der Waals surface area contributed by atoms with Gasteiger partial charge in [0.05, 0.1) is 16.9 Å². The molecule has 9 heteroatoms. The first-order valence-corrected chi connectivity index (χ1v) is 6.71. The maximum absolute atomic E-state index is 12.6. The molecule has 0 atom stereocenters. The number of hydrogen-bond acceptors (Lipinski definition) is 3. The standard InChI is InChI=1S/C13H10F6O2S/c1-2-3-21-11(20)7-22-10-5-8(12(14,15)16)4-9(6-10)13(17,18)19/h2,4-6H,1,3,7H2. The number of thioether (sulfide) groups is 1. The molecule has 0 spiro atoms. The normalized spacial score (nSPS) is 12.1. The molecule has 0 aromatic heterocycles. The first-order valence-electron chi connectivity index (χ1n) is 5.73. The highest BCUT2D eigenvalue weighted by Gasteiger charge is 2.36. The van der Waals surface area contributed by atoms with Crippen molar-refractivity contribution >= 4 is 17.7 Å². The monoisotopic (exact) mass is 344 g/mol. The number of rotatable bonds is 5. The van der Waals surface area contributed by atoms with Gasteiger partial charge in [0.25, 0.3) is 0 Å². The van der Waals surface area contributed by atoms with Crippen LogP contribution >= 0.6 is 11.8 Å². The van der Waals surface area contributed by atoms with Gasteiger partial charge in [0.1, 0.15) is 6.61 Å². The average Bonchev–Trinajstić information content (AvgIpc) is 2.40. The van der Waals surface area contributed by atoms with Gasteiger partial charge in [-0.25, -0.2) is 0 Å². The van der Waals surface area contributed by atoms with E-state index in [2.05, 4.69) is 11.3 Å². The first kappa shape index (κ1) is 18.4. The Morgan fingerprint density at radius 2 is 1.59 bits per heavy atom. The molecule has 0 aliphatic rings. The molecular weight excluding hydrogens is 334 g/mol. The number of esters is 1. The molecule has 0 aliphatic carbocycles. The summed E-state index contributed by atoms with van der Waals surface area (Å²) in [4.78, 5) is 10.9. The van der Waals surface area contributed by atoms with Crippen LogP contribution in [0.2, 0.25) is 0 Å². The van der Waals surface area contributed by atoms with Gasteiger partial charge in [-0.15, -0.1) is 11.8 Å². The van der Waals surface area contributed by atoms with Gasteiger partial charge in [-0.2, -0.15) is 26.3 Å². The van der Waals surface area contributed by atoms with Crippen molar-refractivity contribution in [3.63, 3.8) is 0 Å². The molecule has 1 aromatic carbocycles. The molecule has 0 unspecified atom stereocenters. The number of carbonyl (C=O) groups excluding carboxylic acids is 1. The number of hydrogen-bond donors (Lipinski definition) is 0. The van der Waals surface area contributed by atoms with E-state index < -0.39 is 35.2 Å². The van der Waals surface area contributed by atoms with E-state index in [1.54, 1.807) is 0 Å². The minimum absolute atomic E-state index is 0.0279. The van der Waals surface area contributed by atoms with E-state index >= 15 is 0 Å². The van der Waals surface area contributed by atoms with Gasteiger partial charge >= 0.3 is 18.3 Å². The Morgan fingerprint density at radius 3 is 2.00 bits per heavy atom. The maximum Gasteiger partial charge on any atom is 0.416 e. The summed E-state index contributed by atoms with van der Waals surface area (Å²) < 4.78 is 80.3. The Balaban J connectivity index is 2.99. The predicted molar refractivity (Wildman–Crippen MR) is 68.3 cm³/mol. The van der Waals surface area contributed by atoms with E-state index in [-0.39, 0.29) is 17.6 Å². The van der Waals surface area contributed by atoms with Gasteiger partial charge in [0.15, 0.2) is 0 Å². The Morgan fingerprint density at radius 1 is 1.09 bits per heavy atom. The van der Waals surface area contributed by atoms with Crippen LogP contribution < -0.4 is 0 Å². The van der Waals surface area contributed by atoms with Crippen molar-refractivity contribution in [3.8, 4) is 0 Å². The Labute approximate surface area is 126 Å². The summed E-state index contributed by atoms with van der Waals surface area (Å²) in [5.74, 6) is -1.18. The van der Waals surface area contributed by atoms with Crippen LogP contribution in [0.5, 0.6) is 0 Å². The van der Waals surface area contributed by atoms with Crippen LogP contribution in [0.1, 0.15) is 11.1 Å². The zero-order valence-corrected chi connectivity index (χ0v) is 11.7. The van der Waals surface area contributed by atoms with Crippen molar-refractivity contribution in [2.24, 2.45) is 0 Å². The van der Waals surface area contributed by atoms with Crippen LogP contribution in [0.25, 0.3) is 0 Å². The molecule has 0 bridgehead atoms. The molecule has 0 amide bonds. The molecular formula is C13H10F6O2S. The molecule has 0 saturated heterocycles. The third-order valence-electron chi connectivity index (χ3n) is 2.28. The number of ether oxygens (including phenoxy) is 1. The molecule has 1 rings (SSSR count). The fourth-order valence-corrected chi connectivity index (χ4v) is 2.13. The van der Waals surface area contributed by atoms with Crippen LogP contribution in [-0.4, -0.2) is 18.3 Å². The highest BCUT2D eigenvalue weighted by atomic mass is 32.2. The van der Waals surface area contributed by atoms with Gasteiger partial charge in [-0.3, -0.25) is 4.79 Å². The molecule has 0 heterocycles. The Hall–Kier alpha value is -1.64. The minimum atomic E-state index is -4.92. The Bertz CT molecular complexity index is 518. The van der Waals surface area contributed by atoms with Crippen molar-refractivity contribution in [1.82, 2.24) is 0 Å². The second-order valence-corrected chi connectivity index (χ2v) is 5.05. The van der Waals surface area contributed by atoms with Crippen LogP contribution in [0, 0.1) is 0 Å². The SMILES string of the molecule is C=CCOC(=O)CSc1cc(C(F)(F)F)cc(C(F)(F)F)c1. The van der Waals surface area contributed by atoms with Crippen LogP contribution in [-0.2, 0) is 21.9 Å². The molecule has 0 saturated carbocycles. The quantitative estimate of drug-likeness (QED) is 0.339. The minimum Gasteiger partial charge on any atom is -0.461 e. The van der Waals surface area contributed by atoms with Gasteiger partial charge in [0, 0.05) is 4.90 Å². The van der Waals surface area contributed by atoms with Crippen LogP contribution in [0.4, 0.5) is 26.3 Å². The zero-order chi connectivity index (χ0) is 17.0. The molecule has 0 N–H and O–H groups in total. The van der Waals surface area contributed by atoms with Crippen LogP contribution in [0.15, 0.2) is 35.7 Å². The van der Waals surface area contributed by atoms with E-state index in [0.29, 0.717) is 23.9 Å². The summed E-state index contributed by atoms with van der Waals surface area (Å²) in [6.07, 6.45) is -8.55. The lowest BCUT2D eigenvalue weighted by molar-refractivity contribution is -0.143. The summed E-state index contributed by atoms with van der Waals surface area (Å²) >= 11 is 0.531. The fourth-order valence-electron chi connectivity index (χ4n) is 1.35. The summed E-state index contributed by atoms with van der Waals surface area (Å²) in [6.45, 7) is 3.21. The highest BCUT2D eigenvalue weighted by Crippen LogP contribution is 2.38. The topological polar surface area (TPSA) is 26.3 Å². The summed E-state index contributed by atoms with van der Waals surface area (Å²) in [6, 6.07) is 1.14. The van der Waals surface area contributed by atoms with Gasteiger partial charge in [0.2, 0.25) is 0 Å². The molecule has 0 radical (unpaired) electrons. The van der Waals surface area contributed by atoms with E-state index in [1.165, 1.54) is 6.08 Å². The molecule has 1 aromatic rings. The third kappa shape index (κ3) is 5.63. The zero-order valence-electron chi connectivity index (χ0n) is 10.9. The summed E-state index contributed by atoms with van der Waals surface area (Å²) in [7, 11) is 0. The molecule has 122 valence electrons. The number of alkyl halides is 6. The van der Waals surface area contributed by atoms with Gasteiger partial charge in [-0.05, 0) is 18.2 Å². The number of carbonyl (C=O) groups is 1. The summed E-state index contributed by atoms with van der Waals surface area (Å²) in [5.41, 5.74) is -2.85. The molecule has 22 heavy (non-hydrogen) atoms. The summed E-state index contributed by atoms with van der Waals surface area (Å²) in [5, 5.41) is 0. The van der Waals surface area contributed by atoms with E-state index in [0.717, 1.165) is 0 Å². The van der Waals surface area contributed by atoms with Crippen molar-refractivity contribution < 1.29 is 35.9 Å². The van der Waals surface area contributed by atoms with Crippen molar-refractivity contribution in [3.05, 3.63) is 42.0 Å². The van der Waals surface area contributed by atoms with Crippen molar-refractivity contribution in [1.29, 1.82) is 0 Å². The molecule has 0 aliphatic heterocycles. The largest absolute Gasteiger partial charge is 0.461 e. The second-order valence-electron chi connectivity index (χ2n) is 4.00. The number of halogens is 6. The van der Waals surface area contributed by atoms with Crippen molar-refractivity contribution in [2.45, 2.75) is 17.2 Å². The van der Waals surface area contributed by atoms with Crippen molar-refractivity contribution in [2.75, 3.05) is 12.4 Å². The van der Waals surface area contributed by atoms with E-state index in [9.17, 15) is 31.1 Å². The smallest absolute Gasteiger partial charge is 0.416 e. The molecule has 0 fully saturated rings. The van der Waals surface area contributed by atoms with Gasteiger partial charge in [-0.1, -0.05) is 12.7 Å². The lowest BCUT2D eigenvalue weighted by atomic mass is 10.1. The predicted octanol–water partition coefficient (Wildman–Crippen LogP) is 4.55. The van der Waals surface area contributed by atoms with E-state index in [1.807, 2.05) is 0 Å². The van der Waals surface area contributed by atoms with Gasteiger partial charge < -0.3 is 4.74 Å². The third-order valence-corrected chi connectivity index (χ3v) is 3.23.